The molecule has 0 aliphatic heterocycles. The van der Waals surface area contributed by atoms with Gasteiger partial charge in [0.05, 0.1) is 21.2 Å². The van der Waals surface area contributed by atoms with Crippen LogP contribution in [-0.4, -0.2) is 16.3 Å². The van der Waals surface area contributed by atoms with E-state index in [1.54, 1.807) is 42.5 Å². The molecule has 10 heteroatoms. The van der Waals surface area contributed by atoms with Gasteiger partial charge in [-0.25, -0.2) is 0 Å². The minimum Gasteiger partial charge on any atom is -0.455 e. The summed E-state index contributed by atoms with van der Waals surface area (Å²) in [6.07, 6.45) is 1.46. The smallest absolute Gasteiger partial charge is 0.269 e. The van der Waals surface area contributed by atoms with Gasteiger partial charge in [0.15, 0.2) is 5.11 Å². The Morgan fingerprint density at radius 1 is 1.11 bits per heavy atom. The van der Waals surface area contributed by atoms with E-state index < -0.39 is 4.92 Å². The van der Waals surface area contributed by atoms with Crippen molar-refractivity contribution in [2.24, 2.45) is 5.10 Å². The number of benzene rings is 2. The van der Waals surface area contributed by atoms with E-state index in [1.807, 2.05) is 0 Å². The van der Waals surface area contributed by atoms with Crippen LogP contribution in [0.5, 0.6) is 0 Å². The van der Waals surface area contributed by atoms with Crippen LogP contribution in [0.1, 0.15) is 5.76 Å². The maximum Gasteiger partial charge on any atom is 0.269 e. The summed E-state index contributed by atoms with van der Waals surface area (Å²) in [7, 11) is 0. The van der Waals surface area contributed by atoms with Gasteiger partial charge in [-0.05, 0) is 54.7 Å². The van der Waals surface area contributed by atoms with E-state index in [9.17, 15) is 10.1 Å². The predicted molar refractivity (Wildman–Crippen MR) is 114 cm³/mol. The number of hydrogen-bond donors (Lipinski definition) is 2. The highest BCUT2D eigenvalue weighted by atomic mass is 35.5. The number of nitro benzene ring substituents is 1. The van der Waals surface area contributed by atoms with Crippen molar-refractivity contribution in [3.05, 3.63) is 80.5 Å². The molecule has 0 fully saturated rings. The predicted octanol–water partition coefficient (Wildman–Crippen LogP) is 5.48. The summed E-state index contributed by atoms with van der Waals surface area (Å²) in [6, 6.07) is 14.6. The topological polar surface area (TPSA) is 92.7 Å². The third-order valence-electron chi connectivity index (χ3n) is 3.52. The van der Waals surface area contributed by atoms with E-state index in [1.165, 1.54) is 18.3 Å². The van der Waals surface area contributed by atoms with Gasteiger partial charge >= 0.3 is 0 Å². The lowest BCUT2D eigenvalue weighted by atomic mass is 10.1. The first kappa shape index (κ1) is 19.8. The molecule has 0 atom stereocenters. The van der Waals surface area contributed by atoms with Crippen LogP contribution < -0.4 is 10.7 Å². The molecule has 142 valence electrons. The van der Waals surface area contributed by atoms with Gasteiger partial charge in [-0.2, -0.15) is 5.10 Å². The Morgan fingerprint density at radius 2 is 1.86 bits per heavy atom. The Labute approximate surface area is 175 Å². The second-order valence-electron chi connectivity index (χ2n) is 5.46. The summed E-state index contributed by atoms with van der Waals surface area (Å²) in [4.78, 5) is 10.2. The fourth-order valence-electron chi connectivity index (χ4n) is 2.21. The Bertz CT molecular complexity index is 1050. The van der Waals surface area contributed by atoms with E-state index >= 15 is 0 Å². The Balaban J connectivity index is 1.58. The van der Waals surface area contributed by atoms with Gasteiger partial charge in [-0.1, -0.05) is 23.2 Å². The number of hydrogen-bond acceptors (Lipinski definition) is 5. The first-order chi connectivity index (χ1) is 13.4. The monoisotopic (exact) mass is 434 g/mol. The van der Waals surface area contributed by atoms with E-state index in [0.717, 1.165) is 5.56 Å². The van der Waals surface area contributed by atoms with Crippen LogP contribution in [0.25, 0.3) is 11.3 Å². The standard InChI is InChI=1S/C18H12Cl2N4O3S/c19-15-7-3-12(9-16(15)20)22-18(28)23-21-10-14-6-8-17(27-14)11-1-4-13(5-2-11)24(25)26/h1-10H,(H2,22,23,28)/b21-10+. The van der Waals surface area contributed by atoms with E-state index in [2.05, 4.69) is 15.8 Å². The molecule has 0 bridgehead atoms. The zero-order chi connectivity index (χ0) is 20.1. The van der Waals surface area contributed by atoms with Gasteiger partial charge in [0.25, 0.3) is 5.69 Å². The average molecular weight is 435 g/mol. The van der Waals surface area contributed by atoms with Gasteiger partial charge in [0, 0.05) is 23.4 Å². The summed E-state index contributed by atoms with van der Waals surface area (Å²) in [5.74, 6) is 1.05. The third kappa shape index (κ3) is 5.07. The van der Waals surface area contributed by atoms with Crippen LogP contribution in [0.15, 0.2) is 64.1 Å². The number of rotatable bonds is 5. The van der Waals surface area contributed by atoms with Crippen LogP contribution in [0.4, 0.5) is 11.4 Å². The van der Waals surface area contributed by atoms with Gasteiger partial charge in [-0.15, -0.1) is 0 Å². The molecule has 0 unspecified atom stereocenters. The molecule has 0 saturated heterocycles. The lowest BCUT2D eigenvalue weighted by Gasteiger charge is -2.07. The zero-order valence-electron chi connectivity index (χ0n) is 14.1. The molecule has 3 rings (SSSR count). The second kappa shape index (κ2) is 8.83. The van der Waals surface area contributed by atoms with Gasteiger partial charge < -0.3 is 9.73 Å². The highest BCUT2D eigenvalue weighted by Crippen LogP contribution is 2.25. The molecule has 0 saturated carbocycles. The summed E-state index contributed by atoms with van der Waals surface area (Å²) in [5, 5.41) is 18.7. The maximum absolute atomic E-state index is 10.7. The van der Waals surface area contributed by atoms with E-state index in [4.69, 9.17) is 39.8 Å². The van der Waals surface area contributed by atoms with Crippen molar-refractivity contribution in [1.82, 2.24) is 5.43 Å². The first-order valence-electron chi connectivity index (χ1n) is 7.82. The average Bonchev–Trinajstić information content (AvgIpc) is 3.14. The highest BCUT2D eigenvalue weighted by Gasteiger charge is 2.08. The van der Waals surface area contributed by atoms with Crippen molar-refractivity contribution < 1.29 is 9.34 Å². The normalized spacial score (nSPS) is 10.8. The molecule has 1 heterocycles. The van der Waals surface area contributed by atoms with Crippen molar-refractivity contribution >= 4 is 58.1 Å². The molecular weight excluding hydrogens is 423 g/mol. The molecule has 0 amide bonds. The molecular formula is C18H12Cl2N4O3S. The molecule has 28 heavy (non-hydrogen) atoms. The first-order valence-corrected chi connectivity index (χ1v) is 8.98. The molecule has 0 aliphatic carbocycles. The number of furan rings is 1. The van der Waals surface area contributed by atoms with Crippen LogP contribution >= 0.6 is 35.4 Å². The van der Waals surface area contributed by atoms with Crippen molar-refractivity contribution in [2.75, 3.05) is 5.32 Å². The third-order valence-corrected chi connectivity index (χ3v) is 4.46. The molecule has 7 nitrogen and oxygen atoms in total. The van der Waals surface area contributed by atoms with Crippen molar-refractivity contribution in [2.45, 2.75) is 0 Å². The SMILES string of the molecule is O=[N+]([O-])c1ccc(-c2ccc(/C=N/NC(=S)Nc3ccc(Cl)c(Cl)c3)o2)cc1. The summed E-state index contributed by atoms with van der Waals surface area (Å²) in [5.41, 5.74) is 4.06. The molecule has 3 aromatic rings. The van der Waals surface area contributed by atoms with E-state index in [0.29, 0.717) is 27.3 Å². The van der Waals surface area contributed by atoms with Crippen LogP contribution in [-0.2, 0) is 0 Å². The van der Waals surface area contributed by atoms with Crippen LogP contribution in [0.2, 0.25) is 10.0 Å². The van der Waals surface area contributed by atoms with Gasteiger partial charge in [-0.3, -0.25) is 15.5 Å². The number of nitro groups is 1. The highest BCUT2D eigenvalue weighted by molar-refractivity contribution is 7.80. The summed E-state index contributed by atoms with van der Waals surface area (Å²) < 4.78 is 5.64. The molecule has 2 N–H and O–H groups in total. The Hall–Kier alpha value is -2.94. The molecule has 2 aromatic carbocycles. The minimum absolute atomic E-state index is 0.0179. The van der Waals surface area contributed by atoms with Crippen LogP contribution in [0.3, 0.4) is 0 Å². The van der Waals surface area contributed by atoms with Crippen molar-refractivity contribution in [1.29, 1.82) is 0 Å². The Kier molecular flexibility index (Phi) is 6.25. The van der Waals surface area contributed by atoms with Crippen LogP contribution in [0, 0.1) is 10.1 Å². The number of nitrogens with zero attached hydrogens (tertiary/aromatic N) is 2. The zero-order valence-corrected chi connectivity index (χ0v) is 16.4. The summed E-state index contributed by atoms with van der Waals surface area (Å²) >= 11 is 17.0. The van der Waals surface area contributed by atoms with Crippen molar-refractivity contribution in [3.63, 3.8) is 0 Å². The lowest BCUT2D eigenvalue weighted by molar-refractivity contribution is -0.384. The molecule has 1 aromatic heterocycles. The largest absolute Gasteiger partial charge is 0.455 e. The number of anilines is 1. The fourth-order valence-corrected chi connectivity index (χ4v) is 2.68. The molecule has 0 radical (unpaired) electrons. The number of thiocarbonyl (C=S) groups is 1. The Morgan fingerprint density at radius 3 is 2.54 bits per heavy atom. The molecule has 0 aliphatic rings. The number of non-ortho nitro benzene ring substituents is 1. The molecule has 0 spiro atoms. The second-order valence-corrected chi connectivity index (χ2v) is 6.68. The van der Waals surface area contributed by atoms with Gasteiger partial charge in [0.1, 0.15) is 11.5 Å². The van der Waals surface area contributed by atoms with E-state index in [-0.39, 0.29) is 10.8 Å². The van der Waals surface area contributed by atoms with Gasteiger partial charge in [0.2, 0.25) is 0 Å². The number of hydrazone groups is 1. The quantitative estimate of drug-likeness (QED) is 0.239. The maximum atomic E-state index is 10.7. The lowest BCUT2D eigenvalue weighted by Crippen LogP contribution is -2.23. The minimum atomic E-state index is -0.454. The fraction of sp³-hybridized carbons (Fsp3) is 0. The summed E-state index contributed by atoms with van der Waals surface area (Å²) in [6.45, 7) is 0. The number of halogens is 2. The number of nitrogens with one attached hydrogen (secondary N) is 2. The van der Waals surface area contributed by atoms with Crippen molar-refractivity contribution in [3.8, 4) is 11.3 Å².